The van der Waals surface area contributed by atoms with Gasteiger partial charge in [-0.3, -0.25) is 28.8 Å². The van der Waals surface area contributed by atoms with E-state index >= 15 is 0 Å². The topological polar surface area (TPSA) is 198 Å². The van der Waals surface area contributed by atoms with E-state index in [-0.39, 0.29) is 32.5 Å². The fourth-order valence-electron chi connectivity index (χ4n) is 6.48. The molecule has 5 atom stereocenters. The molecule has 1 saturated heterocycles. The van der Waals surface area contributed by atoms with E-state index in [9.17, 15) is 41.6 Å². The average molecular weight is 760 g/mol. The van der Waals surface area contributed by atoms with Gasteiger partial charge in [0.1, 0.15) is 35.1 Å². The van der Waals surface area contributed by atoms with Gasteiger partial charge in [-0.2, -0.15) is 0 Å². The second-order valence-corrected chi connectivity index (χ2v) is 16.9. The summed E-state index contributed by atoms with van der Waals surface area (Å²) in [5.41, 5.74) is -1.37. The fourth-order valence-corrected chi connectivity index (χ4v) is 7.84. The molecule has 4 aliphatic rings. The lowest BCUT2D eigenvalue weighted by molar-refractivity contribution is -0.141. The molecular weight excluding hydrogens is 713 g/mol. The molecule has 288 valence electrons. The van der Waals surface area contributed by atoms with Crippen LogP contribution in [0.1, 0.15) is 77.8 Å². The number of alkyl carbamates (subject to hydrolysis) is 1. The molecule has 2 aliphatic heterocycles. The fraction of sp³-hybridized carbons (Fsp3) is 0.556. The first-order chi connectivity index (χ1) is 24.8. The molecule has 53 heavy (non-hydrogen) atoms. The number of halogens is 1. The summed E-state index contributed by atoms with van der Waals surface area (Å²) in [6, 6.07) is 1.59. The molecule has 0 spiro atoms. The molecule has 17 heteroatoms. The number of benzene rings is 1. The van der Waals surface area contributed by atoms with Gasteiger partial charge in [0.15, 0.2) is 5.78 Å². The summed E-state index contributed by atoms with van der Waals surface area (Å²) in [4.78, 5) is 83.5. The van der Waals surface area contributed by atoms with Gasteiger partial charge in [0.05, 0.1) is 18.3 Å². The van der Waals surface area contributed by atoms with Crippen LogP contribution in [0.3, 0.4) is 0 Å². The number of nitrogens with zero attached hydrogens (tertiary/aromatic N) is 2. The summed E-state index contributed by atoms with van der Waals surface area (Å²) in [5, 5.41) is 4.38. The number of allylic oxidation sites excluding steroid dienone is 2. The zero-order chi connectivity index (χ0) is 39.0. The Morgan fingerprint density at radius 3 is 2.42 bits per heavy atom. The van der Waals surface area contributed by atoms with Crippen molar-refractivity contribution in [1.82, 2.24) is 25.2 Å². The zero-order valence-corrected chi connectivity index (χ0v) is 31.2. The van der Waals surface area contributed by atoms with Gasteiger partial charge in [0.2, 0.25) is 21.8 Å². The zero-order valence-electron chi connectivity index (χ0n) is 30.4. The molecule has 0 bridgehead atoms. The van der Waals surface area contributed by atoms with Crippen LogP contribution in [0.5, 0.6) is 0 Å². The van der Waals surface area contributed by atoms with E-state index in [0.29, 0.717) is 29.5 Å². The van der Waals surface area contributed by atoms with Crippen LogP contribution >= 0.6 is 0 Å². The minimum absolute atomic E-state index is 0.0410. The lowest BCUT2D eigenvalue weighted by Crippen LogP contribution is -2.58. The van der Waals surface area contributed by atoms with E-state index in [4.69, 9.17) is 9.47 Å². The first-order valence-electron chi connectivity index (χ1n) is 17.5. The third kappa shape index (κ3) is 8.88. The Bertz CT molecular complexity index is 1860. The van der Waals surface area contributed by atoms with E-state index in [0.717, 1.165) is 4.90 Å². The molecule has 5 unspecified atom stereocenters. The molecule has 3 N–H and O–H groups in total. The summed E-state index contributed by atoms with van der Waals surface area (Å²) in [7, 11) is -3.97. The number of hydrogen-bond donors (Lipinski definition) is 3. The number of rotatable bonds is 12. The van der Waals surface area contributed by atoms with Gasteiger partial charge < -0.3 is 25.0 Å². The van der Waals surface area contributed by atoms with Crippen LogP contribution in [-0.2, 0) is 51.8 Å². The van der Waals surface area contributed by atoms with Gasteiger partial charge >= 0.3 is 12.2 Å². The predicted molar refractivity (Wildman–Crippen MR) is 188 cm³/mol. The first kappa shape index (κ1) is 39.4. The summed E-state index contributed by atoms with van der Waals surface area (Å²) in [6.07, 6.45) is 0.153. The van der Waals surface area contributed by atoms with Gasteiger partial charge in [-0.05, 0) is 71.1 Å². The van der Waals surface area contributed by atoms with Gasteiger partial charge in [0.25, 0.3) is 5.91 Å². The molecule has 1 aromatic rings. The Hall–Kier alpha value is -4.80. The monoisotopic (exact) mass is 759 g/mol. The van der Waals surface area contributed by atoms with Crippen LogP contribution in [0, 0.1) is 11.7 Å². The van der Waals surface area contributed by atoms with E-state index < -0.39 is 98.4 Å². The number of amides is 5. The highest BCUT2D eigenvalue weighted by Crippen LogP contribution is 2.45. The van der Waals surface area contributed by atoms with Crippen molar-refractivity contribution in [2.45, 2.75) is 114 Å². The number of ketones is 1. The molecule has 15 nitrogen and oxygen atoms in total. The van der Waals surface area contributed by atoms with E-state index in [1.54, 1.807) is 46.8 Å². The van der Waals surface area contributed by atoms with Crippen LogP contribution < -0.4 is 15.4 Å². The van der Waals surface area contributed by atoms with E-state index in [1.807, 2.05) is 0 Å². The maximum Gasteiger partial charge on any atom is 0.410 e. The summed E-state index contributed by atoms with van der Waals surface area (Å²) in [6.45, 7) is 11.4. The summed E-state index contributed by atoms with van der Waals surface area (Å²) >= 11 is 0. The second kappa shape index (κ2) is 14.9. The molecule has 2 heterocycles. The highest BCUT2D eigenvalue weighted by atomic mass is 32.2. The molecule has 5 rings (SSSR count). The number of fused-ring (bicyclic) bond motifs is 1. The Labute approximate surface area is 307 Å². The molecular formula is C36H46FN5O10S. The smallest absolute Gasteiger partial charge is 0.410 e. The molecule has 0 radical (unpaired) electrons. The maximum atomic E-state index is 14.4. The van der Waals surface area contributed by atoms with Crippen molar-refractivity contribution in [2.24, 2.45) is 5.92 Å². The van der Waals surface area contributed by atoms with Crippen molar-refractivity contribution < 1.29 is 51.0 Å². The van der Waals surface area contributed by atoms with Crippen molar-refractivity contribution in [3.63, 3.8) is 0 Å². The lowest BCUT2D eigenvalue weighted by Gasteiger charge is -2.30. The highest BCUT2D eigenvalue weighted by Gasteiger charge is 2.62. The molecule has 0 aromatic heterocycles. The normalized spacial score (nSPS) is 24.4. The van der Waals surface area contributed by atoms with Gasteiger partial charge in [0, 0.05) is 30.9 Å². The molecule has 1 aromatic carbocycles. The number of carbonyl (C=O) groups is 6. The minimum Gasteiger partial charge on any atom is -0.444 e. The average Bonchev–Trinajstić information content (AvgIpc) is 3.97. The minimum atomic E-state index is -3.97. The molecule has 3 fully saturated rings. The SMILES string of the molecule is C=CC1CC1(NC(=O)C1CC(OC(=O)N2Cc3cccc(F)c3C2)CN1C(=O)C(CC(=O)C(C)=CC)NC(=O)OC(C)(C)C)C(=O)NS(=O)(=O)C1CC1. The maximum absolute atomic E-state index is 14.4. The number of sulfonamides is 1. The van der Waals surface area contributed by atoms with Crippen LogP contribution in [0.4, 0.5) is 14.0 Å². The third-order valence-corrected chi connectivity index (χ3v) is 11.6. The number of Topliss-reactive ketones (excluding diaryl/α,β-unsaturated/α-hetero) is 1. The van der Waals surface area contributed by atoms with Gasteiger partial charge in [-0.25, -0.2) is 22.4 Å². The van der Waals surface area contributed by atoms with Crippen molar-refractivity contribution in [1.29, 1.82) is 0 Å². The summed E-state index contributed by atoms with van der Waals surface area (Å²) < 4.78 is 52.9. The van der Waals surface area contributed by atoms with Crippen LogP contribution in [-0.4, -0.2) is 95.0 Å². The number of carbonyl (C=O) groups excluding carboxylic acids is 6. The standard InChI is InChI=1S/C36H46FN5O10S/c1-7-20(3)29(43)15-27(38-33(47)52-35(4,5)6)31(45)42-18-23(51-34(48)41-17-21-10-9-11-26(37)25(21)19-41)14-28(42)30(44)39-36(16-22(36)8-2)32(46)40-53(49,50)24-12-13-24/h7-11,22-24,27-28H,2,12-19H2,1,3-6H3,(H,38,47)(H,39,44)(H,40,46). The van der Waals surface area contributed by atoms with Crippen molar-refractivity contribution in [2.75, 3.05) is 6.54 Å². The Morgan fingerprint density at radius 2 is 1.83 bits per heavy atom. The predicted octanol–water partition coefficient (Wildman–Crippen LogP) is 2.74. The quantitative estimate of drug-likeness (QED) is 0.211. The van der Waals surface area contributed by atoms with E-state index in [2.05, 4.69) is 21.9 Å². The number of nitrogens with one attached hydrogen (secondary N) is 3. The van der Waals surface area contributed by atoms with E-state index in [1.165, 1.54) is 23.1 Å². The second-order valence-electron chi connectivity index (χ2n) is 15.0. The Kier molecular flexibility index (Phi) is 11.1. The number of ether oxygens (including phenoxy) is 2. The first-order valence-corrected chi connectivity index (χ1v) is 19.0. The van der Waals surface area contributed by atoms with Crippen molar-refractivity contribution in [3.05, 3.63) is 59.4 Å². The van der Waals surface area contributed by atoms with Crippen molar-refractivity contribution >= 4 is 45.7 Å². The Morgan fingerprint density at radius 1 is 1.13 bits per heavy atom. The third-order valence-electron chi connectivity index (χ3n) is 9.80. The Balaban J connectivity index is 1.40. The van der Waals surface area contributed by atoms with Crippen LogP contribution in [0.2, 0.25) is 0 Å². The number of likely N-dealkylation sites (tertiary alicyclic amines) is 1. The molecule has 5 amide bonds. The van der Waals surface area contributed by atoms with Gasteiger partial charge in [-0.1, -0.05) is 24.3 Å². The van der Waals surface area contributed by atoms with Gasteiger partial charge in [-0.15, -0.1) is 6.58 Å². The largest absolute Gasteiger partial charge is 0.444 e. The van der Waals surface area contributed by atoms with Crippen LogP contribution in [0.25, 0.3) is 0 Å². The van der Waals surface area contributed by atoms with Crippen LogP contribution in [0.15, 0.2) is 42.5 Å². The molecule has 2 aliphatic carbocycles. The highest BCUT2D eigenvalue weighted by molar-refractivity contribution is 7.91. The molecule has 2 saturated carbocycles. The van der Waals surface area contributed by atoms with Crippen molar-refractivity contribution in [3.8, 4) is 0 Å². The number of hydrogen-bond acceptors (Lipinski definition) is 10. The lowest BCUT2D eigenvalue weighted by atomic mass is 10.0. The summed E-state index contributed by atoms with van der Waals surface area (Å²) in [5.74, 6) is -4.24.